The van der Waals surface area contributed by atoms with Crippen LogP contribution in [0.5, 0.6) is 17.2 Å². The molecule has 1 amide bonds. The number of rotatable bonds is 10. The highest BCUT2D eigenvalue weighted by atomic mass is 19.4. The van der Waals surface area contributed by atoms with Gasteiger partial charge in [0, 0.05) is 37.9 Å². The summed E-state index contributed by atoms with van der Waals surface area (Å²) in [4.78, 5) is 32.5. The van der Waals surface area contributed by atoms with Crippen molar-refractivity contribution >= 4 is 23.2 Å². The number of ketones is 1. The second-order valence-corrected chi connectivity index (χ2v) is 11.9. The van der Waals surface area contributed by atoms with Crippen LogP contribution in [0.1, 0.15) is 68.1 Å². The maximum atomic E-state index is 15.9. The lowest BCUT2D eigenvalue weighted by Gasteiger charge is -2.29. The largest absolute Gasteiger partial charge is 0.494 e. The summed E-state index contributed by atoms with van der Waals surface area (Å²) in [5.74, 6) is -4.16. The van der Waals surface area contributed by atoms with E-state index in [1.54, 1.807) is 40.2 Å². The summed E-state index contributed by atoms with van der Waals surface area (Å²) in [6.45, 7) is 10.0. The lowest BCUT2D eigenvalue weighted by molar-refractivity contribution is -0.169. The van der Waals surface area contributed by atoms with Crippen LogP contribution >= 0.6 is 0 Å². The number of hydrogen-bond donors (Lipinski definition) is 0. The zero-order chi connectivity index (χ0) is 33.3. The third-order valence-electron chi connectivity index (χ3n) is 7.75. The van der Waals surface area contributed by atoms with E-state index in [4.69, 9.17) is 18.9 Å². The van der Waals surface area contributed by atoms with E-state index in [0.717, 1.165) is 12.0 Å². The molecule has 13 heteroatoms. The van der Waals surface area contributed by atoms with Crippen LogP contribution < -0.4 is 19.1 Å². The number of carbonyl (C=O) groups is 2. The van der Waals surface area contributed by atoms with Gasteiger partial charge < -0.3 is 28.7 Å². The zero-order valence-corrected chi connectivity index (χ0v) is 26.6. The summed E-state index contributed by atoms with van der Waals surface area (Å²) in [7, 11) is 3.20. The highest BCUT2D eigenvalue weighted by molar-refractivity contribution is 6.11. The zero-order valence-electron chi connectivity index (χ0n) is 26.6. The highest BCUT2D eigenvalue weighted by Gasteiger charge is 2.42. The first-order chi connectivity index (χ1) is 21.1. The molecule has 2 aromatic rings. The van der Waals surface area contributed by atoms with Gasteiger partial charge in [0.1, 0.15) is 11.6 Å². The molecule has 45 heavy (non-hydrogen) atoms. The van der Waals surface area contributed by atoms with Gasteiger partial charge in [-0.1, -0.05) is 20.8 Å². The molecule has 2 aliphatic heterocycles. The third-order valence-corrected chi connectivity index (χ3v) is 7.75. The summed E-state index contributed by atoms with van der Waals surface area (Å²) < 4.78 is 78.3. The standard InChI is InChI=1S/C32H39F4N3O6/c1-8-44-24-14-19-15-39(29(37-30(41)32(34,35)36)25(19)26(33)28(24)45-9-2)17-23(40)18-12-21(31(3,4)5)27(43-7)22(13-18)38-11-10-20(16-38)42-6/h12-14,20H,8-11,15-17H2,1-7H3/b37-29-/t20-/m0/s1. The Bertz CT molecular complexity index is 1480. The number of anilines is 1. The van der Waals surface area contributed by atoms with Gasteiger partial charge in [-0.3, -0.25) is 9.59 Å². The number of ether oxygens (including phenoxy) is 4. The minimum atomic E-state index is -5.31. The van der Waals surface area contributed by atoms with Crippen molar-refractivity contribution in [3.05, 3.63) is 46.3 Å². The lowest BCUT2D eigenvalue weighted by Crippen LogP contribution is -2.34. The first-order valence-electron chi connectivity index (χ1n) is 14.7. The van der Waals surface area contributed by atoms with E-state index < -0.39 is 41.5 Å². The minimum Gasteiger partial charge on any atom is -0.494 e. The average molecular weight is 638 g/mol. The Morgan fingerprint density at radius 3 is 2.27 bits per heavy atom. The minimum absolute atomic E-state index is 0.00162. The fraction of sp³-hybridized carbons (Fsp3) is 0.531. The van der Waals surface area contributed by atoms with Crippen molar-refractivity contribution in [1.82, 2.24) is 4.90 Å². The van der Waals surface area contributed by atoms with Crippen molar-refractivity contribution in [3.8, 4) is 17.2 Å². The Hall–Kier alpha value is -3.87. The molecule has 0 N–H and O–H groups in total. The number of benzene rings is 2. The third kappa shape index (κ3) is 7.03. The number of amidine groups is 1. The monoisotopic (exact) mass is 637 g/mol. The smallest absolute Gasteiger partial charge is 0.473 e. The van der Waals surface area contributed by atoms with Gasteiger partial charge >= 0.3 is 12.1 Å². The van der Waals surface area contributed by atoms with Gasteiger partial charge in [-0.2, -0.15) is 18.2 Å². The maximum absolute atomic E-state index is 15.9. The molecule has 0 aromatic heterocycles. The van der Waals surface area contributed by atoms with E-state index in [-0.39, 0.29) is 54.1 Å². The van der Waals surface area contributed by atoms with Crippen LogP contribution in [0.25, 0.3) is 0 Å². The Balaban J connectivity index is 1.80. The Labute approximate surface area is 260 Å². The van der Waals surface area contributed by atoms with Gasteiger partial charge in [0.15, 0.2) is 23.1 Å². The molecule has 4 rings (SSSR count). The van der Waals surface area contributed by atoms with E-state index >= 15 is 4.39 Å². The second kappa shape index (κ2) is 13.2. The van der Waals surface area contributed by atoms with Crippen LogP contribution in [0.2, 0.25) is 0 Å². The average Bonchev–Trinajstić information content (AvgIpc) is 3.58. The van der Waals surface area contributed by atoms with E-state index in [1.165, 1.54) is 11.0 Å². The van der Waals surface area contributed by atoms with E-state index in [2.05, 4.69) is 9.89 Å². The van der Waals surface area contributed by atoms with Crippen molar-refractivity contribution in [2.75, 3.05) is 52.0 Å². The van der Waals surface area contributed by atoms with Crippen LogP contribution in [-0.4, -0.2) is 81.8 Å². The predicted octanol–water partition coefficient (Wildman–Crippen LogP) is 5.69. The second-order valence-electron chi connectivity index (χ2n) is 11.9. The van der Waals surface area contributed by atoms with Crippen molar-refractivity contribution < 1.29 is 46.1 Å². The summed E-state index contributed by atoms with van der Waals surface area (Å²) in [6, 6.07) is 4.83. The van der Waals surface area contributed by atoms with Gasteiger partial charge in [0.2, 0.25) is 0 Å². The first kappa shape index (κ1) is 34.0. The first-order valence-corrected chi connectivity index (χ1v) is 14.7. The van der Waals surface area contributed by atoms with Crippen molar-refractivity contribution in [2.45, 2.75) is 65.3 Å². The van der Waals surface area contributed by atoms with Crippen LogP contribution in [-0.2, 0) is 21.5 Å². The number of methoxy groups -OCH3 is 2. The molecule has 0 bridgehead atoms. The molecular weight excluding hydrogens is 598 g/mol. The fourth-order valence-electron chi connectivity index (χ4n) is 5.61. The SMILES string of the molecule is CCOc1cc2c(c(F)c1OCC)/C(=N/C(=O)C(F)(F)F)N(CC(=O)c1cc(N3CC[C@H](OC)C3)c(OC)c(C(C)(C)C)c1)C2. The summed E-state index contributed by atoms with van der Waals surface area (Å²) >= 11 is 0. The molecule has 0 unspecified atom stereocenters. The number of hydrogen-bond acceptors (Lipinski definition) is 7. The van der Waals surface area contributed by atoms with Crippen LogP contribution in [0.15, 0.2) is 23.2 Å². The number of amides is 1. The van der Waals surface area contributed by atoms with E-state index in [0.29, 0.717) is 24.5 Å². The van der Waals surface area contributed by atoms with Gasteiger partial charge in [-0.05, 0) is 49.4 Å². The Morgan fingerprint density at radius 1 is 1.02 bits per heavy atom. The lowest BCUT2D eigenvalue weighted by atomic mass is 9.84. The van der Waals surface area contributed by atoms with Crippen LogP contribution in [0.3, 0.4) is 0 Å². The molecule has 1 atom stereocenters. The summed E-state index contributed by atoms with van der Waals surface area (Å²) in [5.41, 5.74) is 1.13. The molecule has 0 spiro atoms. The van der Waals surface area contributed by atoms with Crippen molar-refractivity contribution in [3.63, 3.8) is 0 Å². The number of fused-ring (bicyclic) bond motifs is 1. The molecule has 246 valence electrons. The van der Waals surface area contributed by atoms with Gasteiger partial charge in [0.25, 0.3) is 0 Å². The molecule has 2 heterocycles. The highest BCUT2D eigenvalue weighted by Crippen LogP contribution is 2.43. The predicted molar refractivity (Wildman–Crippen MR) is 160 cm³/mol. The van der Waals surface area contributed by atoms with Gasteiger partial charge in [0.05, 0.1) is 44.2 Å². The Kier molecular flexibility index (Phi) is 10.0. The Morgan fingerprint density at radius 2 is 1.71 bits per heavy atom. The molecule has 2 aromatic carbocycles. The number of nitrogens with zero attached hydrogens (tertiary/aromatic N) is 3. The number of halogens is 4. The van der Waals surface area contributed by atoms with E-state index in [9.17, 15) is 22.8 Å². The van der Waals surface area contributed by atoms with Crippen LogP contribution in [0, 0.1) is 5.82 Å². The van der Waals surface area contributed by atoms with Crippen molar-refractivity contribution in [2.24, 2.45) is 4.99 Å². The summed E-state index contributed by atoms with van der Waals surface area (Å²) in [6.07, 6.45) is -4.53. The van der Waals surface area contributed by atoms with Crippen LogP contribution in [0.4, 0.5) is 23.2 Å². The number of Topliss-reactive ketones (excluding diaryl/α,β-unsaturated/α-hetero) is 1. The molecule has 2 aliphatic rings. The molecule has 0 radical (unpaired) electrons. The quantitative estimate of drug-likeness (QED) is 0.243. The maximum Gasteiger partial charge on any atom is 0.473 e. The molecule has 1 fully saturated rings. The van der Waals surface area contributed by atoms with E-state index in [1.807, 2.05) is 20.8 Å². The number of carbonyl (C=O) groups excluding carboxylic acids is 2. The van der Waals surface area contributed by atoms with Gasteiger partial charge in [-0.15, -0.1) is 0 Å². The molecule has 0 aliphatic carbocycles. The topological polar surface area (TPSA) is 89.9 Å². The molecule has 1 saturated heterocycles. The normalized spacial score (nSPS) is 17.6. The van der Waals surface area contributed by atoms with Gasteiger partial charge in [-0.25, -0.2) is 4.39 Å². The number of aliphatic imine (C=N–C) groups is 1. The summed E-state index contributed by atoms with van der Waals surface area (Å²) in [5, 5.41) is 0. The fourth-order valence-corrected chi connectivity index (χ4v) is 5.61. The molecule has 9 nitrogen and oxygen atoms in total. The molecule has 0 saturated carbocycles. The molecular formula is C32H39F4N3O6. The van der Waals surface area contributed by atoms with Crippen molar-refractivity contribution in [1.29, 1.82) is 0 Å². The number of alkyl halides is 3.